The monoisotopic (exact) mass is 250 g/mol. The van der Waals surface area contributed by atoms with Gasteiger partial charge in [0.25, 0.3) is 0 Å². The normalized spacial score (nSPS) is 14.5. The van der Waals surface area contributed by atoms with Gasteiger partial charge in [0.15, 0.2) is 5.16 Å². The topological polar surface area (TPSA) is 87.8 Å². The Morgan fingerprint density at radius 3 is 2.71 bits per heavy atom. The van der Waals surface area contributed by atoms with E-state index in [2.05, 4.69) is 15.2 Å². The van der Waals surface area contributed by atoms with E-state index < -0.39 is 5.60 Å². The average molecular weight is 250 g/mol. The van der Waals surface area contributed by atoms with Crippen LogP contribution in [0.3, 0.4) is 0 Å². The summed E-state index contributed by atoms with van der Waals surface area (Å²) in [5.74, 6) is 0.433. The van der Waals surface area contributed by atoms with Crippen LogP contribution in [0.1, 0.15) is 5.56 Å². The molecule has 5 nitrogen and oxygen atoms in total. The number of hydrogen-bond donors (Lipinski definition) is 3. The SMILES string of the molecule is NCC(O)(CSc1ncn[nH]1)c1ccccc1. The molecule has 0 fully saturated rings. The third-order valence-electron chi connectivity index (χ3n) is 2.49. The first-order valence-electron chi connectivity index (χ1n) is 5.21. The molecule has 1 heterocycles. The highest BCUT2D eigenvalue weighted by atomic mass is 32.2. The molecule has 1 unspecified atom stereocenters. The van der Waals surface area contributed by atoms with Crippen molar-refractivity contribution < 1.29 is 5.11 Å². The highest BCUT2D eigenvalue weighted by Gasteiger charge is 2.27. The Kier molecular flexibility index (Phi) is 3.78. The van der Waals surface area contributed by atoms with Gasteiger partial charge in [0, 0.05) is 12.3 Å². The highest BCUT2D eigenvalue weighted by Crippen LogP contribution is 2.26. The van der Waals surface area contributed by atoms with Crippen molar-refractivity contribution in [3.63, 3.8) is 0 Å². The van der Waals surface area contributed by atoms with E-state index in [0.717, 1.165) is 5.56 Å². The first-order chi connectivity index (χ1) is 8.24. The molecule has 0 saturated carbocycles. The van der Waals surface area contributed by atoms with Crippen LogP contribution in [0, 0.1) is 0 Å². The van der Waals surface area contributed by atoms with Crippen LogP contribution < -0.4 is 5.73 Å². The molecule has 0 amide bonds. The van der Waals surface area contributed by atoms with Crippen molar-refractivity contribution in [2.45, 2.75) is 10.8 Å². The molecule has 0 saturated heterocycles. The lowest BCUT2D eigenvalue weighted by Crippen LogP contribution is -2.37. The molecular weight excluding hydrogens is 236 g/mol. The van der Waals surface area contributed by atoms with Crippen LogP contribution in [-0.4, -0.2) is 32.6 Å². The largest absolute Gasteiger partial charge is 0.383 e. The zero-order valence-electron chi connectivity index (χ0n) is 9.21. The number of nitrogens with zero attached hydrogens (tertiary/aromatic N) is 2. The lowest BCUT2D eigenvalue weighted by Gasteiger charge is -2.26. The predicted molar refractivity (Wildman–Crippen MR) is 66.5 cm³/mol. The number of nitrogens with one attached hydrogen (secondary N) is 1. The summed E-state index contributed by atoms with van der Waals surface area (Å²) >= 11 is 1.39. The lowest BCUT2D eigenvalue weighted by atomic mass is 9.96. The van der Waals surface area contributed by atoms with E-state index in [0.29, 0.717) is 10.9 Å². The van der Waals surface area contributed by atoms with E-state index in [-0.39, 0.29) is 6.54 Å². The van der Waals surface area contributed by atoms with Gasteiger partial charge in [-0.15, -0.1) is 0 Å². The van der Waals surface area contributed by atoms with Crippen molar-refractivity contribution in [3.8, 4) is 0 Å². The molecule has 1 aromatic carbocycles. The van der Waals surface area contributed by atoms with Gasteiger partial charge >= 0.3 is 0 Å². The van der Waals surface area contributed by atoms with Gasteiger partial charge in [-0.25, -0.2) is 4.98 Å². The molecule has 1 aromatic heterocycles. The Morgan fingerprint density at radius 2 is 2.12 bits per heavy atom. The minimum atomic E-state index is -1.04. The van der Waals surface area contributed by atoms with Crippen molar-refractivity contribution in [2.24, 2.45) is 5.73 Å². The molecule has 17 heavy (non-hydrogen) atoms. The molecule has 4 N–H and O–H groups in total. The first-order valence-corrected chi connectivity index (χ1v) is 6.19. The fourth-order valence-electron chi connectivity index (χ4n) is 1.46. The molecule has 1 atom stereocenters. The fourth-order valence-corrected chi connectivity index (χ4v) is 2.36. The van der Waals surface area contributed by atoms with Crippen LogP contribution in [0.5, 0.6) is 0 Å². The summed E-state index contributed by atoms with van der Waals surface area (Å²) < 4.78 is 0. The third-order valence-corrected chi connectivity index (χ3v) is 3.58. The van der Waals surface area contributed by atoms with Gasteiger partial charge in [-0.2, -0.15) is 5.10 Å². The Morgan fingerprint density at radius 1 is 1.35 bits per heavy atom. The van der Waals surface area contributed by atoms with Crippen molar-refractivity contribution in [1.82, 2.24) is 15.2 Å². The second-order valence-corrected chi connectivity index (χ2v) is 4.65. The number of benzene rings is 1. The number of nitrogens with two attached hydrogens (primary N) is 1. The van der Waals surface area contributed by atoms with Crippen molar-refractivity contribution in [1.29, 1.82) is 0 Å². The molecule has 0 spiro atoms. The summed E-state index contributed by atoms with van der Waals surface area (Å²) in [5, 5.41) is 17.6. The van der Waals surface area contributed by atoms with Crippen molar-refractivity contribution in [3.05, 3.63) is 42.2 Å². The number of hydrogen-bond acceptors (Lipinski definition) is 5. The Balaban J connectivity index is 2.09. The summed E-state index contributed by atoms with van der Waals surface area (Å²) in [4.78, 5) is 3.99. The maximum Gasteiger partial charge on any atom is 0.183 e. The molecule has 2 aromatic rings. The standard InChI is InChI=1S/C11H14N4OS/c12-6-11(16,9-4-2-1-3-5-9)7-17-10-13-8-14-15-10/h1-5,8,16H,6-7,12H2,(H,13,14,15). The second kappa shape index (κ2) is 5.31. The van der Waals surface area contributed by atoms with Gasteiger partial charge in [0.2, 0.25) is 0 Å². The summed E-state index contributed by atoms with van der Waals surface area (Å²) in [6.45, 7) is 0.165. The van der Waals surface area contributed by atoms with Crippen LogP contribution in [0.15, 0.2) is 41.8 Å². The summed E-state index contributed by atoms with van der Waals surface area (Å²) in [6.07, 6.45) is 1.44. The molecule has 0 aliphatic carbocycles. The minimum Gasteiger partial charge on any atom is -0.383 e. The molecular formula is C11H14N4OS. The van der Waals surface area contributed by atoms with E-state index in [1.165, 1.54) is 18.1 Å². The number of aliphatic hydroxyl groups is 1. The van der Waals surface area contributed by atoms with Crippen molar-refractivity contribution >= 4 is 11.8 Å². The Labute approximate surface area is 103 Å². The van der Waals surface area contributed by atoms with E-state index in [1.54, 1.807) is 0 Å². The molecule has 0 aliphatic heterocycles. The van der Waals surface area contributed by atoms with Gasteiger partial charge in [0.05, 0.1) is 0 Å². The number of rotatable bonds is 5. The minimum absolute atomic E-state index is 0.165. The van der Waals surface area contributed by atoms with E-state index >= 15 is 0 Å². The van der Waals surface area contributed by atoms with Gasteiger partial charge in [-0.1, -0.05) is 42.1 Å². The molecule has 90 valence electrons. The maximum atomic E-state index is 10.5. The highest BCUT2D eigenvalue weighted by molar-refractivity contribution is 7.99. The maximum absolute atomic E-state index is 10.5. The van der Waals surface area contributed by atoms with E-state index in [9.17, 15) is 5.11 Å². The molecule has 6 heteroatoms. The number of H-pyrrole nitrogens is 1. The molecule has 0 bridgehead atoms. The zero-order chi connectivity index (χ0) is 12.1. The van der Waals surface area contributed by atoms with Crippen LogP contribution in [0.4, 0.5) is 0 Å². The van der Waals surface area contributed by atoms with Gasteiger partial charge in [0.1, 0.15) is 11.9 Å². The quantitative estimate of drug-likeness (QED) is 0.681. The smallest absolute Gasteiger partial charge is 0.183 e. The van der Waals surface area contributed by atoms with Crippen LogP contribution in [0.2, 0.25) is 0 Å². The van der Waals surface area contributed by atoms with Crippen LogP contribution >= 0.6 is 11.8 Å². The second-order valence-electron chi connectivity index (χ2n) is 3.68. The van der Waals surface area contributed by atoms with E-state index in [1.807, 2.05) is 30.3 Å². The average Bonchev–Trinajstić information content (AvgIpc) is 2.90. The lowest BCUT2D eigenvalue weighted by molar-refractivity contribution is 0.0721. The predicted octanol–water partition coefficient (Wildman–Crippen LogP) is 0.743. The first kappa shape index (κ1) is 12.1. The zero-order valence-corrected chi connectivity index (χ0v) is 10.0. The Hall–Kier alpha value is -1.37. The summed E-state index contributed by atoms with van der Waals surface area (Å²) in [5.41, 5.74) is 5.44. The molecule has 2 rings (SSSR count). The molecule has 0 radical (unpaired) electrons. The van der Waals surface area contributed by atoms with Gasteiger partial charge in [-0.05, 0) is 5.56 Å². The molecule has 0 aliphatic rings. The van der Waals surface area contributed by atoms with Crippen LogP contribution in [0.25, 0.3) is 0 Å². The third kappa shape index (κ3) is 2.85. The van der Waals surface area contributed by atoms with Gasteiger partial charge < -0.3 is 10.8 Å². The Bertz CT molecular complexity index is 448. The summed E-state index contributed by atoms with van der Waals surface area (Å²) in [6, 6.07) is 9.41. The summed E-state index contributed by atoms with van der Waals surface area (Å²) in [7, 11) is 0. The number of aromatic amines is 1. The van der Waals surface area contributed by atoms with Crippen LogP contribution in [-0.2, 0) is 5.60 Å². The van der Waals surface area contributed by atoms with Gasteiger partial charge in [-0.3, -0.25) is 5.10 Å². The van der Waals surface area contributed by atoms with E-state index in [4.69, 9.17) is 5.73 Å². The number of thioether (sulfide) groups is 1. The fraction of sp³-hybridized carbons (Fsp3) is 0.273. The number of aromatic nitrogens is 3. The van der Waals surface area contributed by atoms with Crippen molar-refractivity contribution in [2.75, 3.05) is 12.3 Å².